The van der Waals surface area contributed by atoms with Crippen LogP contribution in [0.15, 0.2) is 47.3 Å². The molecule has 0 spiro atoms. The van der Waals surface area contributed by atoms with E-state index >= 15 is 0 Å². The van der Waals surface area contributed by atoms with Crippen LogP contribution in [0.3, 0.4) is 0 Å². The zero-order valence-corrected chi connectivity index (χ0v) is 14.6. The van der Waals surface area contributed by atoms with Gasteiger partial charge in [-0.15, -0.1) is 12.4 Å². The summed E-state index contributed by atoms with van der Waals surface area (Å²) >= 11 is 0. The second kappa shape index (κ2) is 7.99. The number of furan rings is 1. The highest BCUT2D eigenvalue weighted by atomic mass is 35.5. The number of carbonyl (C=O) groups excluding carboxylic acids is 2. The van der Waals surface area contributed by atoms with E-state index in [0.29, 0.717) is 16.9 Å². The van der Waals surface area contributed by atoms with Crippen LogP contribution in [0.5, 0.6) is 0 Å². The minimum atomic E-state index is -0.633. The molecule has 6 nitrogen and oxygen atoms in total. The van der Waals surface area contributed by atoms with Gasteiger partial charge in [-0.1, -0.05) is 26.8 Å². The molecule has 2 rings (SSSR count). The minimum absolute atomic E-state index is 0. The number of nitrogens with two attached hydrogens (primary N) is 1. The number of hydrogen-bond acceptors (Lipinski definition) is 4. The average molecular weight is 352 g/mol. The van der Waals surface area contributed by atoms with E-state index in [4.69, 9.17) is 10.2 Å². The maximum Gasteiger partial charge on any atom is 0.258 e. The smallest absolute Gasteiger partial charge is 0.258 e. The van der Waals surface area contributed by atoms with E-state index in [1.807, 2.05) is 20.8 Å². The predicted molar refractivity (Wildman–Crippen MR) is 96.4 cm³/mol. The van der Waals surface area contributed by atoms with Crippen LogP contribution in [0.1, 0.15) is 31.1 Å². The van der Waals surface area contributed by atoms with Gasteiger partial charge in [-0.2, -0.15) is 0 Å². The van der Waals surface area contributed by atoms with Crippen molar-refractivity contribution in [3.63, 3.8) is 0 Å². The van der Waals surface area contributed by atoms with Crippen molar-refractivity contribution in [2.24, 2.45) is 11.1 Å². The normalized spacial score (nSPS) is 12.0. The van der Waals surface area contributed by atoms with E-state index < -0.39 is 6.04 Å². The van der Waals surface area contributed by atoms with Crippen molar-refractivity contribution in [2.45, 2.75) is 26.8 Å². The molecule has 0 aliphatic rings. The quantitative estimate of drug-likeness (QED) is 0.787. The summed E-state index contributed by atoms with van der Waals surface area (Å²) in [6.45, 7) is 5.70. The van der Waals surface area contributed by atoms with Gasteiger partial charge in [0.15, 0.2) is 0 Å². The monoisotopic (exact) mass is 351 g/mol. The second-order valence-electron chi connectivity index (χ2n) is 6.38. The molecule has 1 atom stereocenters. The number of halogens is 1. The lowest BCUT2D eigenvalue weighted by Crippen LogP contribution is -2.45. The number of nitrogens with one attached hydrogen (secondary N) is 2. The molecule has 0 saturated heterocycles. The van der Waals surface area contributed by atoms with Crippen LogP contribution in [0.4, 0.5) is 11.4 Å². The molecule has 0 aliphatic carbocycles. The molecule has 7 heteroatoms. The van der Waals surface area contributed by atoms with Crippen LogP contribution < -0.4 is 16.4 Å². The van der Waals surface area contributed by atoms with Gasteiger partial charge in [0.25, 0.3) is 5.91 Å². The predicted octanol–water partition coefficient (Wildman–Crippen LogP) is 3.27. The summed E-state index contributed by atoms with van der Waals surface area (Å²) in [5.41, 5.74) is 7.16. The van der Waals surface area contributed by atoms with Crippen molar-refractivity contribution in [1.82, 2.24) is 0 Å². The third-order valence-corrected chi connectivity index (χ3v) is 3.39. The standard InChI is InChI=1S/C17H21N3O3.ClH/c1-17(2,3)14(18)16(22)20-13-6-4-5-12(9-13)19-15(21)11-7-8-23-10-11;/h4-10,14H,18H2,1-3H3,(H,19,21)(H,20,22);1H/t14-;/m1./s1. The molecule has 0 unspecified atom stereocenters. The fraction of sp³-hybridized carbons (Fsp3) is 0.294. The molecular formula is C17H22ClN3O3. The van der Waals surface area contributed by atoms with Gasteiger partial charge in [-0.05, 0) is 29.7 Å². The lowest BCUT2D eigenvalue weighted by Gasteiger charge is -2.25. The third-order valence-electron chi connectivity index (χ3n) is 3.39. The Hall–Kier alpha value is -2.31. The molecule has 1 heterocycles. The number of rotatable bonds is 4. The minimum Gasteiger partial charge on any atom is -0.472 e. The molecule has 2 amide bonds. The number of amides is 2. The summed E-state index contributed by atoms with van der Waals surface area (Å²) in [5.74, 6) is -0.551. The lowest BCUT2D eigenvalue weighted by molar-refractivity contribution is -0.119. The summed E-state index contributed by atoms with van der Waals surface area (Å²) in [6.07, 6.45) is 2.79. The maximum atomic E-state index is 12.1. The molecule has 0 bridgehead atoms. The summed E-state index contributed by atoms with van der Waals surface area (Å²) in [4.78, 5) is 24.1. The van der Waals surface area contributed by atoms with Gasteiger partial charge in [0.2, 0.25) is 5.91 Å². The van der Waals surface area contributed by atoms with E-state index in [9.17, 15) is 9.59 Å². The first kappa shape index (κ1) is 19.7. The zero-order chi connectivity index (χ0) is 17.0. The van der Waals surface area contributed by atoms with E-state index in [0.717, 1.165) is 0 Å². The Morgan fingerprint density at radius 3 is 2.29 bits per heavy atom. The van der Waals surface area contributed by atoms with Crippen LogP contribution in [-0.4, -0.2) is 17.9 Å². The molecule has 0 radical (unpaired) electrons. The van der Waals surface area contributed by atoms with Gasteiger partial charge in [0, 0.05) is 11.4 Å². The van der Waals surface area contributed by atoms with Gasteiger partial charge in [-0.25, -0.2) is 0 Å². The molecular weight excluding hydrogens is 330 g/mol. The van der Waals surface area contributed by atoms with Crippen molar-refractivity contribution >= 4 is 35.6 Å². The zero-order valence-electron chi connectivity index (χ0n) is 13.8. The summed E-state index contributed by atoms with van der Waals surface area (Å²) in [6, 6.07) is 7.82. The number of benzene rings is 1. The molecule has 4 N–H and O–H groups in total. The average Bonchev–Trinajstić information content (AvgIpc) is 3.00. The third kappa shape index (κ3) is 5.11. The van der Waals surface area contributed by atoms with Crippen molar-refractivity contribution in [2.75, 3.05) is 10.6 Å². The Bertz CT molecular complexity index is 693. The van der Waals surface area contributed by atoms with Crippen molar-refractivity contribution in [1.29, 1.82) is 0 Å². The fourth-order valence-electron chi connectivity index (χ4n) is 1.88. The summed E-state index contributed by atoms with van der Waals surface area (Å²) in [5, 5.41) is 5.50. The first-order chi connectivity index (χ1) is 10.8. The van der Waals surface area contributed by atoms with Crippen LogP contribution in [0.2, 0.25) is 0 Å². The fourth-order valence-corrected chi connectivity index (χ4v) is 1.88. The van der Waals surface area contributed by atoms with Crippen LogP contribution in [0, 0.1) is 5.41 Å². The summed E-state index contributed by atoms with van der Waals surface area (Å²) < 4.78 is 4.88. The SMILES string of the molecule is CC(C)(C)[C@H](N)C(=O)Nc1cccc(NC(=O)c2ccoc2)c1.Cl. The van der Waals surface area contributed by atoms with Crippen molar-refractivity contribution < 1.29 is 14.0 Å². The Balaban J connectivity index is 0.00000288. The molecule has 24 heavy (non-hydrogen) atoms. The Kier molecular flexibility index (Phi) is 6.57. The first-order valence-electron chi connectivity index (χ1n) is 7.27. The summed E-state index contributed by atoms with van der Waals surface area (Å²) in [7, 11) is 0. The van der Waals surface area contributed by atoms with Gasteiger partial charge in [-0.3, -0.25) is 9.59 Å². The van der Waals surface area contributed by atoms with Crippen molar-refractivity contribution in [3.8, 4) is 0 Å². The molecule has 2 aromatic rings. The number of carbonyl (C=O) groups is 2. The Morgan fingerprint density at radius 1 is 1.12 bits per heavy atom. The highest BCUT2D eigenvalue weighted by Crippen LogP contribution is 2.20. The van der Waals surface area contributed by atoms with Gasteiger partial charge in [0.05, 0.1) is 17.9 Å². The second-order valence-corrected chi connectivity index (χ2v) is 6.38. The lowest BCUT2D eigenvalue weighted by atomic mass is 9.87. The molecule has 1 aromatic carbocycles. The number of anilines is 2. The topological polar surface area (TPSA) is 97.4 Å². The van der Waals surface area contributed by atoms with E-state index in [1.165, 1.54) is 12.5 Å². The van der Waals surface area contributed by atoms with Gasteiger partial charge < -0.3 is 20.8 Å². The van der Waals surface area contributed by atoms with Crippen LogP contribution in [-0.2, 0) is 4.79 Å². The van der Waals surface area contributed by atoms with Gasteiger partial charge >= 0.3 is 0 Å². The van der Waals surface area contributed by atoms with Crippen LogP contribution in [0.25, 0.3) is 0 Å². The van der Waals surface area contributed by atoms with Crippen LogP contribution >= 0.6 is 12.4 Å². The molecule has 0 saturated carbocycles. The van der Waals surface area contributed by atoms with E-state index in [1.54, 1.807) is 30.3 Å². The Morgan fingerprint density at radius 2 is 1.75 bits per heavy atom. The molecule has 1 aromatic heterocycles. The van der Waals surface area contributed by atoms with E-state index in [2.05, 4.69) is 10.6 Å². The van der Waals surface area contributed by atoms with Gasteiger partial charge in [0.1, 0.15) is 6.26 Å². The van der Waals surface area contributed by atoms with E-state index in [-0.39, 0.29) is 29.6 Å². The molecule has 130 valence electrons. The highest BCUT2D eigenvalue weighted by molar-refractivity contribution is 6.04. The molecule has 0 fully saturated rings. The maximum absolute atomic E-state index is 12.1. The number of hydrogen-bond donors (Lipinski definition) is 3. The largest absolute Gasteiger partial charge is 0.472 e. The Labute approximate surface area is 147 Å². The van der Waals surface area contributed by atoms with Crippen molar-refractivity contribution in [3.05, 3.63) is 48.4 Å². The molecule has 0 aliphatic heterocycles. The highest BCUT2D eigenvalue weighted by Gasteiger charge is 2.27. The first-order valence-corrected chi connectivity index (χ1v) is 7.27.